The standard InChI is InChI=1S/C25H26N4O3S/c1-3-4-8-22-28-29-23(26)21(24(30)27-25(29)33-22)16-18-6-5-7-20(15-18)32-14-13-31-19-11-9-17(2)10-12-19/h5-7,9-12,15-16,26H,3-4,8,13-14H2,1-2H3/b21-16+,26-23?. The van der Waals surface area contributed by atoms with Gasteiger partial charge in [-0.3, -0.25) is 10.2 Å². The van der Waals surface area contributed by atoms with Crippen LogP contribution in [0.4, 0.5) is 0 Å². The number of amides is 1. The Bertz CT molecular complexity index is 1140. The quantitative estimate of drug-likeness (QED) is 0.406. The number of thioether (sulfide) groups is 1. The van der Waals surface area contributed by atoms with Crippen molar-refractivity contribution >= 4 is 39.8 Å². The summed E-state index contributed by atoms with van der Waals surface area (Å²) in [5, 5.41) is 15.8. The van der Waals surface area contributed by atoms with Crippen molar-refractivity contribution in [1.29, 1.82) is 5.41 Å². The van der Waals surface area contributed by atoms with Gasteiger partial charge in [0.05, 0.1) is 5.57 Å². The van der Waals surface area contributed by atoms with Crippen LogP contribution in [-0.2, 0) is 4.79 Å². The van der Waals surface area contributed by atoms with Crippen LogP contribution in [-0.4, -0.2) is 40.2 Å². The first-order valence-electron chi connectivity index (χ1n) is 10.9. The molecular formula is C25H26N4O3S. The van der Waals surface area contributed by atoms with Gasteiger partial charge in [-0.1, -0.05) is 43.2 Å². The molecule has 0 saturated carbocycles. The number of hydrogen-bond acceptors (Lipinski definition) is 6. The molecule has 0 radical (unpaired) electrons. The van der Waals surface area contributed by atoms with E-state index in [0.717, 1.165) is 35.6 Å². The second-order valence-corrected chi connectivity index (χ2v) is 8.74. The number of amidine groups is 2. The first kappa shape index (κ1) is 22.8. The van der Waals surface area contributed by atoms with E-state index >= 15 is 0 Å². The first-order valence-corrected chi connectivity index (χ1v) is 11.8. The number of ether oxygens (including phenoxy) is 2. The minimum absolute atomic E-state index is 0.0433. The Morgan fingerprint density at radius 1 is 1.09 bits per heavy atom. The lowest BCUT2D eigenvalue weighted by Gasteiger charge is -2.20. The summed E-state index contributed by atoms with van der Waals surface area (Å²) in [6.45, 7) is 4.95. The lowest BCUT2D eigenvalue weighted by Crippen LogP contribution is -2.35. The number of fused-ring (bicyclic) bond motifs is 1. The molecule has 8 heteroatoms. The minimum atomic E-state index is -0.427. The minimum Gasteiger partial charge on any atom is -0.490 e. The molecule has 0 unspecified atom stereocenters. The average molecular weight is 463 g/mol. The number of nitrogens with one attached hydrogen (secondary N) is 1. The molecule has 0 spiro atoms. The van der Waals surface area contributed by atoms with Crippen LogP contribution in [0, 0.1) is 12.3 Å². The van der Waals surface area contributed by atoms with Gasteiger partial charge >= 0.3 is 0 Å². The summed E-state index contributed by atoms with van der Waals surface area (Å²) in [5.74, 6) is 1.08. The third-order valence-corrected chi connectivity index (χ3v) is 6.02. The highest BCUT2D eigenvalue weighted by molar-refractivity contribution is 8.26. The van der Waals surface area contributed by atoms with E-state index in [1.807, 2.05) is 55.5 Å². The van der Waals surface area contributed by atoms with E-state index in [1.165, 1.54) is 22.3 Å². The third kappa shape index (κ3) is 5.70. The molecule has 0 aromatic heterocycles. The number of hydrogen-bond donors (Lipinski definition) is 1. The number of benzene rings is 2. The number of hydrazone groups is 1. The Balaban J connectivity index is 1.39. The van der Waals surface area contributed by atoms with Crippen molar-refractivity contribution in [2.75, 3.05) is 13.2 Å². The van der Waals surface area contributed by atoms with Gasteiger partial charge < -0.3 is 9.47 Å². The second kappa shape index (κ2) is 10.5. The maximum absolute atomic E-state index is 12.6. The topological polar surface area (TPSA) is 87.3 Å². The van der Waals surface area contributed by atoms with Crippen LogP contribution in [0.1, 0.15) is 37.3 Å². The van der Waals surface area contributed by atoms with E-state index in [0.29, 0.717) is 24.1 Å². The first-order chi connectivity index (χ1) is 16.0. The highest BCUT2D eigenvalue weighted by Crippen LogP contribution is 2.30. The third-order valence-electron chi connectivity index (χ3n) is 5.05. The van der Waals surface area contributed by atoms with Gasteiger partial charge in [0.25, 0.3) is 5.91 Å². The average Bonchev–Trinajstić information content (AvgIpc) is 3.22. The Morgan fingerprint density at radius 2 is 1.85 bits per heavy atom. The van der Waals surface area contributed by atoms with E-state index < -0.39 is 5.91 Å². The fourth-order valence-corrected chi connectivity index (χ4v) is 4.20. The second-order valence-electron chi connectivity index (χ2n) is 7.70. The highest BCUT2D eigenvalue weighted by Gasteiger charge is 2.35. The van der Waals surface area contributed by atoms with Gasteiger partial charge in [-0.05, 0) is 67.4 Å². The molecule has 1 amide bonds. The normalized spacial score (nSPS) is 16.5. The molecule has 170 valence electrons. The van der Waals surface area contributed by atoms with E-state index in [-0.39, 0.29) is 11.4 Å². The monoisotopic (exact) mass is 462 g/mol. The van der Waals surface area contributed by atoms with Crippen molar-refractivity contribution in [2.24, 2.45) is 10.1 Å². The molecule has 0 bridgehead atoms. The van der Waals surface area contributed by atoms with Crippen LogP contribution in [0.3, 0.4) is 0 Å². The lowest BCUT2D eigenvalue weighted by molar-refractivity contribution is -0.114. The molecule has 0 saturated heterocycles. The number of aliphatic imine (C=N–C) groups is 1. The van der Waals surface area contributed by atoms with Crippen molar-refractivity contribution in [2.45, 2.75) is 33.1 Å². The molecule has 33 heavy (non-hydrogen) atoms. The zero-order valence-electron chi connectivity index (χ0n) is 18.7. The van der Waals surface area contributed by atoms with Crippen LogP contribution < -0.4 is 9.47 Å². The SMILES string of the molecule is CCCCC1=NN2C(=N)/C(=C\c3cccc(OCCOc4ccc(C)cc4)c3)C(=O)N=C2S1. The Morgan fingerprint density at radius 3 is 2.61 bits per heavy atom. The summed E-state index contributed by atoms with van der Waals surface area (Å²) in [4.78, 5) is 16.7. The predicted molar refractivity (Wildman–Crippen MR) is 133 cm³/mol. The van der Waals surface area contributed by atoms with Gasteiger partial charge in [0.1, 0.15) is 29.8 Å². The molecule has 7 nitrogen and oxygen atoms in total. The van der Waals surface area contributed by atoms with Crippen LogP contribution in [0.15, 0.2) is 64.2 Å². The molecule has 2 aromatic carbocycles. The summed E-state index contributed by atoms with van der Waals surface area (Å²) in [6, 6.07) is 15.2. The number of carbonyl (C=O) groups is 1. The van der Waals surface area contributed by atoms with Crippen molar-refractivity contribution in [3.05, 3.63) is 65.2 Å². The molecule has 0 fully saturated rings. The highest BCUT2D eigenvalue weighted by atomic mass is 32.2. The number of nitrogens with zero attached hydrogens (tertiary/aromatic N) is 3. The van der Waals surface area contributed by atoms with Crippen LogP contribution in [0.25, 0.3) is 6.08 Å². The summed E-state index contributed by atoms with van der Waals surface area (Å²) in [7, 11) is 0. The van der Waals surface area contributed by atoms with Gasteiger partial charge in [-0.25, -0.2) is 0 Å². The van der Waals surface area contributed by atoms with Gasteiger partial charge in [0.2, 0.25) is 5.17 Å². The van der Waals surface area contributed by atoms with Crippen LogP contribution >= 0.6 is 11.8 Å². The molecule has 4 rings (SSSR count). The van der Waals surface area contributed by atoms with Crippen molar-refractivity contribution in [1.82, 2.24) is 5.01 Å². The Labute approximate surface area is 197 Å². The molecule has 1 N–H and O–H groups in total. The fourth-order valence-electron chi connectivity index (χ4n) is 3.28. The molecule has 2 aliphatic rings. The summed E-state index contributed by atoms with van der Waals surface area (Å²) >= 11 is 1.37. The van der Waals surface area contributed by atoms with Gasteiger partial charge in [-0.15, -0.1) is 0 Å². The lowest BCUT2D eigenvalue weighted by atomic mass is 10.1. The van der Waals surface area contributed by atoms with Gasteiger partial charge in [0, 0.05) is 0 Å². The van der Waals surface area contributed by atoms with Crippen LogP contribution in [0.2, 0.25) is 0 Å². The number of unbranched alkanes of at least 4 members (excludes halogenated alkanes) is 1. The van der Waals surface area contributed by atoms with Gasteiger partial charge in [-0.2, -0.15) is 15.1 Å². The van der Waals surface area contributed by atoms with Crippen molar-refractivity contribution in [3.8, 4) is 11.5 Å². The zero-order valence-corrected chi connectivity index (χ0v) is 19.5. The Hall–Kier alpha value is -3.39. The summed E-state index contributed by atoms with van der Waals surface area (Å²) in [5.41, 5.74) is 2.14. The maximum Gasteiger partial charge on any atom is 0.283 e. The summed E-state index contributed by atoms with van der Waals surface area (Å²) in [6.07, 6.45) is 4.55. The molecule has 0 atom stereocenters. The number of aryl methyl sites for hydroxylation is 1. The molecule has 2 aromatic rings. The van der Waals surface area contributed by atoms with Crippen molar-refractivity contribution in [3.63, 3.8) is 0 Å². The Kier molecular flexibility index (Phi) is 7.24. The number of carbonyl (C=O) groups excluding carboxylic acids is 1. The predicted octanol–water partition coefficient (Wildman–Crippen LogP) is 5.26. The maximum atomic E-state index is 12.6. The fraction of sp³-hybridized carbons (Fsp3) is 0.280. The molecule has 2 heterocycles. The van der Waals surface area contributed by atoms with Crippen LogP contribution in [0.5, 0.6) is 11.5 Å². The number of rotatable bonds is 9. The van der Waals surface area contributed by atoms with E-state index in [4.69, 9.17) is 14.9 Å². The summed E-state index contributed by atoms with van der Waals surface area (Å²) < 4.78 is 11.5. The smallest absolute Gasteiger partial charge is 0.283 e. The molecular weight excluding hydrogens is 436 g/mol. The van der Waals surface area contributed by atoms with E-state index in [1.54, 1.807) is 6.08 Å². The zero-order chi connectivity index (χ0) is 23.2. The molecule has 2 aliphatic heterocycles. The largest absolute Gasteiger partial charge is 0.490 e. The van der Waals surface area contributed by atoms with Crippen molar-refractivity contribution < 1.29 is 14.3 Å². The van der Waals surface area contributed by atoms with Gasteiger partial charge in [0.15, 0.2) is 5.84 Å². The molecule has 0 aliphatic carbocycles. The van der Waals surface area contributed by atoms with E-state index in [9.17, 15) is 4.79 Å². The van der Waals surface area contributed by atoms with E-state index in [2.05, 4.69) is 17.0 Å².